The van der Waals surface area contributed by atoms with Crippen LogP contribution in [-0.4, -0.2) is 23.3 Å². The molecule has 12 heteroatoms. The standard InChI is InChI=1S/C18H12Cl2F5N3O2/c19-10-3-7(5-27-16(10)18(23,24)25)15(9-1-2-11(21)13(20)14(9)22)28-17(30)8-4-12(29)26-6-8/h1-3,5,8,15H,4,6H2,(H,26,29)(H,28,30). The molecule has 2 N–H and O–H groups in total. The van der Waals surface area contributed by atoms with E-state index in [1.807, 2.05) is 0 Å². The third kappa shape index (κ3) is 4.49. The minimum absolute atomic E-state index is 0.0378. The Morgan fingerprint density at radius 1 is 1.27 bits per heavy atom. The van der Waals surface area contributed by atoms with Crippen LogP contribution in [0.15, 0.2) is 24.4 Å². The van der Waals surface area contributed by atoms with E-state index in [4.69, 9.17) is 23.2 Å². The van der Waals surface area contributed by atoms with E-state index in [0.717, 1.165) is 24.4 Å². The number of aromatic nitrogens is 1. The van der Waals surface area contributed by atoms with Crippen LogP contribution in [0.3, 0.4) is 0 Å². The molecule has 30 heavy (non-hydrogen) atoms. The van der Waals surface area contributed by atoms with E-state index in [0.29, 0.717) is 0 Å². The lowest BCUT2D eigenvalue weighted by atomic mass is 9.97. The van der Waals surface area contributed by atoms with Crippen molar-refractivity contribution >= 4 is 35.0 Å². The van der Waals surface area contributed by atoms with E-state index < -0.39 is 51.4 Å². The molecule has 0 saturated carbocycles. The van der Waals surface area contributed by atoms with Crippen LogP contribution in [0.5, 0.6) is 0 Å². The van der Waals surface area contributed by atoms with Crippen LogP contribution < -0.4 is 10.6 Å². The number of rotatable bonds is 4. The lowest BCUT2D eigenvalue weighted by Crippen LogP contribution is -2.36. The summed E-state index contributed by atoms with van der Waals surface area (Å²) in [7, 11) is 0. The molecule has 0 spiro atoms. The summed E-state index contributed by atoms with van der Waals surface area (Å²) in [6, 6.07) is 1.32. The van der Waals surface area contributed by atoms with Crippen molar-refractivity contribution in [2.45, 2.75) is 18.6 Å². The average Bonchev–Trinajstić information content (AvgIpc) is 3.10. The van der Waals surface area contributed by atoms with Crippen LogP contribution in [0.1, 0.15) is 29.3 Å². The molecule has 160 valence electrons. The fraction of sp³-hybridized carbons (Fsp3) is 0.278. The van der Waals surface area contributed by atoms with Crippen LogP contribution >= 0.6 is 23.2 Å². The van der Waals surface area contributed by atoms with Gasteiger partial charge in [-0.2, -0.15) is 13.2 Å². The number of alkyl halides is 3. The van der Waals surface area contributed by atoms with Crippen LogP contribution in [0.4, 0.5) is 22.0 Å². The highest BCUT2D eigenvalue weighted by molar-refractivity contribution is 6.31. The summed E-state index contributed by atoms with van der Waals surface area (Å²) < 4.78 is 67.0. The molecule has 2 atom stereocenters. The molecule has 0 radical (unpaired) electrons. The zero-order valence-corrected chi connectivity index (χ0v) is 16.3. The summed E-state index contributed by atoms with van der Waals surface area (Å²) in [4.78, 5) is 27.2. The molecule has 2 heterocycles. The van der Waals surface area contributed by atoms with E-state index in [-0.39, 0.29) is 30.0 Å². The van der Waals surface area contributed by atoms with E-state index in [1.54, 1.807) is 0 Å². The minimum atomic E-state index is -4.82. The number of nitrogens with zero attached hydrogens (tertiary/aromatic N) is 1. The lowest BCUT2D eigenvalue weighted by molar-refractivity contribution is -0.141. The predicted molar refractivity (Wildman–Crippen MR) is 96.7 cm³/mol. The Bertz CT molecular complexity index is 1020. The molecular formula is C18H12Cl2F5N3O2. The van der Waals surface area contributed by atoms with E-state index in [2.05, 4.69) is 15.6 Å². The Balaban J connectivity index is 2.04. The molecule has 0 bridgehead atoms. The minimum Gasteiger partial charge on any atom is -0.355 e. The number of benzene rings is 1. The number of hydrogen-bond donors (Lipinski definition) is 2. The van der Waals surface area contributed by atoms with Gasteiger partial charge in [-0.1, -0.05) is 29.3 Å². The van der Waals surface area contributed by atoms with Gasteiger partial charge in [0.25, 0.3) is 0 Å². The van der Waals surface area contributed by atoms with Crippen molar-refractivity contribution in [3.8, 4) is 0 Å². The number of carbonyl (C=O) groups excluding carboxylic acids is 2. The first kappa shape index (κ1) is 22.2. The number of amides is 2. The molecule has 2 amide bonds. The molecule has 2 aromatic rings. The molecule has 5 nitrogen and oxygen atoms in total. The molecule has 1 aliphatic rings. The second-order valence-corrected chi connectivity index (χ2v) is 7.29. The van der Waals surface area contributed by atoms with Crippen molar-refractivity contribution in [1.29, 1.82) is 0 Å². The second-order valence-electron chi connectivity index (χ2n) is 6.51. The summed E-state index contributed by atoms with van der Waals surface area (Å²) in [5.41, 5.74) is -1.77. The molecule has 2 unspecified atom stereocenters. The molecule has 1 saturated heterocycles. The maximum Gasteiger partial charge on any atom is 0.434 e. The van der Waals surface area contributed by atoms with Gasteiger partial charge in [-0.15, -0.1) is 0 Å². The molecule has 1 aromatic carbocycles. The summed E-state index contributed by atoms with van der Waals surface area (Å²) in [5.74, 6) is -4.08. The quantitative estimate of drug-likeness (QED) is 0.526. The topological polar surface area (TPSA) is 71.1 Å². The first-order valence-corrected chi connectivity index (χ1v) is 9.17. The van der Waals surface area contributed by atoms with Crippen LogP contribution in [0, 0.1) is 17.6 Å². The van der Waals surface area contributed by atoms with Gasteiger partial charge in [-0.05, 0) is 17.7 Å². The maximum absolute atomic E-state index is 14.6. The first-order chi connectivity index (χ1) is 14.0. The summed E-state index contributed by atoms with van der Waals surface area (Å²) in [5, 5.41) is 3.29. The zero-order chi connectivity index (χ0) is 22.2. The SMILES string of the molecule is O=C1CC(C(=O)NC(c2cnc(C(F)(F)F)c(Cl)c2)c2ccc(F)c(Cl)c2F)CN1. The van der Waals surface area contributed by atoms with Crippen molar-refractivity contribution in [2.75, 3.05) is 6.54 Å². The van der Waals surface area contributed by atoms with E-state index >= 15 is 0 Å². The third-order valence-corrected chi connectivity index (χ3v) is 5.11. The van der Waals surface area contributed by atoms with Gasteiger partial charge < -0.3 is 10.6 Å². The summed E-state index contributed by atoms with van der Waals surface area (Å²) >= 11 is 11.3. The molecule has 1 fully saturated rings. The van der Waals surface area contributed by atoms with Gasteiger partial charge in [-0.3, -0.25) is 9.59 Å². The van der Waals surface area contributed by atoms with Crippen molar-refractivity contribution in [1.82, 2.24) is 15.6 Å². The number of pyridine rings is 1. The van der Waals surface area contributed by atoms with Gasteiger partial charge in [0, 0.05) is 24.7 Å². The normalized spacial score (nSPS) is 17.6. The van der Waals surface area contributed by atoms with Crippen molar-refractivity contribution < 1.29 is 31.5 Å². The Morgan fingerprint density at radius 3 is 2.53 bits per heavy atom. The van der Waals surface area contributed by atoms with Crippen LogP contribution in [0.2, 0.25) is 10.0 Å². The highest BCUT2D eigenvalue weighted by Crippen LogP contribution is 2.36. The van der Waals surface area contributed by atoms with Crippen molar-refractivity contribution in [2.24, 2.45) is 5.92 Å². The van der Waals surface area contributed by atoms with Gasteiger partial charge in [0.05, 0.1) is 17.0 Å². The van der Waals surface area contributed by atoms with Gasteiger partial charge in [0.15, 0.2) is 5.69 Å². The van der Waals surface area contributed by atoms with E-state index in [9.17, 15) is 31.5 Å². The second kappa shape index (κ2) is 8.35. The Morgan fingerprint density at radius 2 is 1.97 bits per heavy atom. The van der Waals surface area contributed by atoms with Gasteiger partial charge in [0.2, 0.25) is 11.8 Å². The highest BCUT2D eigenvalue weighted by atomic mass is 35.5. The Hall–Kier alpha value is -2.46. The largest absolute Gasteiger partial charge is 0.434 e. The third-order valence-electron chi connectivity index (χ3n) is 4.48. The smallest absolute Gasteiger partial charge is 0.355 e. The molecule has 1 aliphatic heterocycles. The first-order valence-electron chi connectivity index (χ1n) is 8.42. The van der Waals surface area contributed by atoms with Crippen LogP contribution in [0.25, 0.3) is 0 Å². The Labute approximate surface area is 176 Å². The summed E-state index contributed by atoms with van der Waals surface area (Å²) in [6.07, 6.45) is -4.17. The molecule has 3 rings (SSSR count). The fourth-order valence-electron chi connectivity index (χ4n) is 2.97. The maximum atomic E-state index is 14.6. The lowest BCUT2D eigenvalue weighted by Gasteiger charge is -2.23. The van der Waals surface area contributed by atoms with Gasteiger partial charge in [-0.25, -0.2) is 13.8 Å². The zero-order valence-electron chi connectivity index (χ0n) is 14.8. The van der Waals surface area contributed by atoms with Crippen molar-refractivity contribution in [3.63, 3.8) is 0 Å². The molecular weight excluding hydrogens is 456 g/mol. The van der Waals surface area contributed by atoms with Crippen molar-refractivity contribution in [3.05, 3.63) is 62.9 Å². The number of carbonyl (C=O) groups is 2. The molecule has 1 aromatic heterocycles. The number of hydrogen-bond acceptors (Lipinski definition) is 3. The Kier molecular flexibility index (Phi) is 6.19. The fourth-order valence-corrected chi connectivity index (χ4v) is 3.43. The van der Waals surface area contributed by atoms with E-state index in [1.165, 1.54) is 0 Å². The van der Waals surface area contributed by atoms with Crippen LogP contribution in [-0.2, 0) is 15.8 Å². The summed E-state index contributed by atoms with van der Waals surface area (Å²) in [6.45, 7) is 0.0378. The molecule has 0 aliphatic carbocycles. The van der Waals surface area contributed by atoms with Gasteiger partial charge in [0.1, 0.15) is 16.7 Å². The monoisotopic (exact) mass is 467 g/mol. The predicted octanol–water partition coefficient (Wildman–Crippen LogP) is 4.03. The highest BCUT2D eigenvalue weighted by Gasteiger charge is 2.36. The van der Waals surface area contributed by atoms with Gasteiger partial charge >= 0.3 is 6.18 Å². The average molecular weight is 468 g/mol. The number of nitrogens with one attached hydrogen (secondary N) is 2. The number of halogens is 7.